The highest BCUT2D eigenvalue weighted by atomic mass is 35.5. The molecule has 2 aromatic rings. The average Bonchev–Trinajstić information content (AvgIpc) is 2.46. The molecule has 20 heavy (non-hydrogen) atoms. The first kappa shape index (κ1) is 14.3. The van der Waals surface area contributed by atoms with Gasteiger partial charge in [0.1, 0.15) is 0 Å². The quantitative estimate of drug-likeness (QED) is 0.941. The Kier molecular flexibility index (Phi) is 4.58. The smallest absolute Gasteiger partial charge is 0.256 e. The molecular weight excluding hydrogens is 274 g/mol. The van der Waals surface area contributed by atoms with Crippen LogP contribution in [0.4, 0.5) is 5.69 Å². The molecular formula is C15H16ClN3O. The predicted octanol–water partition coefficient (Wildman–Crippen LogP) is 3.05. The van der Waals surface area contributed by atoms with E-state index in [-0.39, 0.29) is 5.91 Å². The van der Waals surface area contributed by atoms with E-state index in [1.165, 1.54) is 0 Å². The van der Waals surface area contributed by atoms with Crippen LogP contribution < -0.4 is 5.32 Å². The molecule has 2 rings (SSSR count). The van der Waals surface area contributed by atoms with E-state index in [4.69, 9.17) is 11.6 Å². The average molecular weight is 290 g/mol. The lowest BCUT2D eigenvalue weighted by Gasteiger charge is -2.19. The van der Waals surface area contributed by atoms with E-state index in [2.05, 4.69) is 10.3 Å². The van der Waals surface area contributed by atoms with Crippen molar-refractivity contribution in [2.45, 2.75) is 6.54 Å². The van der Waals surface area contributed by atoms with Gasteiger partial charge in [-0.25, -0.2) is 0 Å². The fraction of sp³-hybridized carbons (Fsp3) is 0.200. The third-order valence-corrected chi connectivity index (χ3v) is 3.21. The number of hydrogen-bond donors (Lipinski definition) is 1. The summed E-state index contributed by atoms with van der Waals surface area (Å²) < 4.78 is 0. The van der Waals surface area contributed by atoms with Gasteiger partial charge in [0, 0.05) is 31.9 Å². The van der Waals surface area contributed by atoms with Gasteiger partial charge in [-0.15, -0.1) is 0 Å². The number of aromatic nitrogens is 1. The topological polar surface area (TPSA) is 45.2 Å². The maximum Gasteiger partial charge on any atom is 0.256 e. The van der Waals surface area contributed by atoms with Crippen LogP contribution in [0, 0.1) is 0 Å². The molecule has 1 aromatic carbocycles. The summed E-state index contributed by atoms with van der Waals surface area (Å²) >= 11 is 5.95. The first-order valence-corrected chi connectivity index (χ1v) is 6.61. The Labute approximate surface area is 123 Å². The van der Waals surface area contributed by atoms with Crippen molar-refractivity contribution in [1.82, 2.24) is 9.88 Å². The Balaban J connectivity index is 2.16. The normalized spacial score (nSPS) is 10.2. The predicted molar refractivity (Wildman–Crippen MR) is 81.0 cm³/mol. The van der Waals surface area contributed by atoms with Crippen molar-refractivity contribution in [3.63, 3.8) is 0 Å². The minimum Gasteiger partial charge on any atom is -0.386 e. The number of nitrogens with zero attached hydrogens (tertiary/aromatic N) is 2. The zero-order valence-electron chi connectivity index (χ0n) is 11.4. The van der Waals surface area contributed by atoms with E-state index in [0.29, 0.717) is 17.1 Å². The van der Waals surface area contributed by atoms with Crippen molar-refractivity contribution < 1.29 is 4.79 Å². The van der Waals surface area contributed by atoms with E-state index >= 15 is 0 Å². The van der Waals surface area contributed by atoms with E-state index < -0.39 is 0 Å². The van der Waals surface area contributed by atoms with Crippen LogP contribution in [0.3, 0.4) is 0 Å². The lowest BCUT2D eigenvalue weighted by atomic mass is 10.1. The third kappa shape index (κ3) is 3.27. The lowest BCUT2D eigenvalue weighted by molar-refractivity contribution is 0.0786. The number of carbonyl (C=O) groups excluding carboxylic acids is 1. The van der Waals surface area contributed by atoms with Crippen LogP contribution in [-0.4, -0.2) is 29.9 Å². The molecule has 0 fully saturated rings. The highest BCUT2D eigenvalue weighted by Gasteiger charge is 2.15. The molecule has 0 radical (unpaired) electrons. The molecule has 0 atom stereocenters. The number of rotatable bonds is 4. The van der Waals surface area contributed by atoms with Gasteiger partial charge in [-0.1, -0.05) is 23.7 Å². The third-order valence-electron chi connectivity index (χ3n) is 2.98. The highest BCUT2D eigenvalue weighted by Crippen LogP contribution is 2.17. The van der Waals surface area contributed by atoms with Crippen molar-refractivity contribution in [3.8, 4) is 0 Å². The lowest BCUT2D eigenvalue weighted by Crippen LogP contribution is -2.27. The molecule has 1 amide bonds. The molecule has 0 saturated carbocycles. The summed E-state index contributed by atoms with van der Waals surface area (Å²) in [5.41, 5.74) is 2.32. The second-order valence-corrected chi connectivity index (χ2v) is 4.90. The summed E-state index contributed by atoms with van der Waals surface area (Å²) in [5.74, 6) is -0.0586. The number of carbonyl (C=O) groups is 1. The van der Waals surface area contributed by atoms with Crippen molar-refractivity contribution in [1.29, 1.82) is 0 Å². The molecule has 104 valence electrons. The second-order valence-electron chi connectivity index (χ2n) is 4.46. The number of benzene rings is 1. The summed E-state index contributed by atoms with van der Waals surface area (Å²) in [6.45, 7) is 0.505. The van der Waals surface area contributed by atoms with Crippen LogP contribution in [-0.2, 0) is 6.54 Å². The van der Waals surface area contributed by atoms with E-state index in [1.807, 2.05) is 24.3 Å². The monoisotopic (exact) mass is 289 g/mol. The van der Waals surface area contributed by atoms with E-state index in [1.54, 1.807) is 37.5 Å². The van der Waals surface area contributed by atoms with Gasteiger partial charge in [0.2, 0.25) is 0 Å². The molecule has 1 heterocycles. The second kappa shape index (κ2) is 6.39. The Morgan fingerprint density at radius 1 is 1.40 bits per heavy atom. The van der Waals surface area contributed by atoms with Crippen LogP contribution >= 0.6 is 11.6 Å². The number of pyridine rings is 1. The molecule has 4 nitrogen and oxygen atoms in total. The van der Waals surface area contributed by atoms with Gasteiger partial charge in [-0.2, -0.15) is 0 Å². The zero-order chi connectivity index (χ0) is 14.5. The minimum absolute atomic E-state index is 0.0586. The van der Waals surface area contributed by atoms with Gasteiger partial charge in [-0.05, 0) is 23.8 Å². The van der Waals surface area contributed by atoms with E-state index in [9.17, 15) is 4.79 Å². The summed E-state index contributed by atoms with van der Waals surface area (Å²) in [6, 6.07) is 9.21. The Hall–Kier alpha value is -2.07. The van der Waals surface area contributed by atoms with Crippen LogP contribution in [0.25, 0.3) is 0 Å². The van der Waals surface area contributed by atoms with Crippen molar-refractivity contribution in [3.05, 3.63) is 58.9 Å². The fourth-order valence-electron chi connectivity index (χ4n) is 1.97. The molecule has 1 aromatic heterocycles. The Morgan fingerprint density at radius 3 is 2.90 bits per heavy atom. The summed E-state index contributed by atoms with van der Waals surface area (Å²) in [6.07, 6.45) is 3.25. The molecule has 0 aliphatic rings. The molecule has 0 bridgehead atoms. The van der Waals surface area contributed by atoms with Gasteiger partial charge >= 0.3 is 0 Å². The largest absolute Gasteiger partial charge is 0.386 e. The first-order valence-electron chi connectivity index (χ1n) is 6.23. The zero-order valence-corrected chi connectivity index (χ0v) is 12.2. The Morgan fingerprint density at radius 2 is 2.20 bits per heavy atom. The number of amides is 1. The number of halogens is 1. The van der Waals surface area contributed by atoms with Crippen LogP contribution in [0.2, 0.25) is 5.02 Å². The highest BCUT2D eigenvalue weighted by molar-refractivity contribution is 6.30. The molecule has 0 spiro atoms. The molecule has 0 aliphatic carbocycles. The van der Waals surface area contributed by atoms with Crippen LogP contribution in [0.5, 0.6) is 0 Å². The van der Waals surface area contributed by atoms with Crippen LogP contribution in [0.15, 0.2) is 42.7 Å². The van der Waals surface area contributed by atoms with Crippen molar-refractivity contribution >= 4 is 23.2 Å². The molecule has 0 aliphatic heterocycles. The van der Waals surface area contributed by atoms with Gasteiger partial charge in [0.15, 0.2) is 0 Å². The number of anilines is 1. The number of nitrogens with one attached hydrogen (secondary N) is 1. The van der Waals surface area contributed by atoms with Gasteiger partial charge in [0.05, 0.1) is 17.4 Å². The SMILES string of the molecule is CNc1cnccc1C(=O)N(C)Cc1cccc(Cl)c1. The van der Waals surface area contributed by atoms with E-state index in [0.717, 1.165) is 11.3 Å². The van der Waals surface area contributed by atoms with Gasteiger partial charge in [-0.3, -0.25) is 9.78 Å². The first-order chi connectivity index (χ1) is 9.61. The maximum atomic E-state index is 12.4. The maximum absolute atomic E-state index is 12.4. The van der Waals surface area contributed by atoms with Gasteiger partial charge < -0.3 is 10.2 Å². The molecule has 5 heteroatoms. The summed E-state index contributed by atoms with van der Waals surface area (Å²) in [4.78, 5) is 18.1. The van der Waals surface area contributed by atoms with Crippen molar-refractivity contribution in [2.24, 2.45) is 0 Å². The molecule has 0 unspecified atom stereocenters. The van der Waals surface area contributed by atoms with Gasteiger partial charge in [0.25, 0.3) is 5.91 Å². The Bertz CT molecular complexity index is 616. The minimum atomic E-state index is -0.0586. The fourth-order valence-corrected chi connectivity index (χ4v) is 2.18. The molecule has 1 N–H and O–H groups in total. The number of hydrogen-bond acceptors (Lipinski definition) is 3. The molecule has 0 saturated heterocycles. The van der Waals surface area contributed by atoms with Crippen molar-refractivity contribution in [2.75, 3.05) is 19.4 Å². The summed E-state index contributed by atoms with van der Waals surface area (Å²) in [5, 5.41) is 3.64. The van der Waals surface area contributed by atoms with Crippen LogP contribution in [0.1, 0.15) is 15.9 Å². The summed E-state index contributed by atoms with van der Waals surface area (Å²) in [7, 11) is 3.54. The standard InChI is InChI=1S/C15H16ClN3O/c1-17-14-9-18-7-6-13(14)15(20)19(2)10-11-4-3-5-12(16)8-11/h3-9,17H,10H2,1-2H3.